The topological polar surface area (TPSA) is 88.1 Å². The monoisotopic (exact) mass is 409 g/mol. The van der Waals surface area contributed by atoms with E-state index < -0.39 is 33.1 Å². The van der Waals surface area contributed by atoms with Crippen LogP contribution >= 0.6 is 0 Å². The molecule has 2 aromatic rings. The summed E-state index contributed by atoms with van der Waals surface area (Å²) in [6.07, 6.45) is 0.844. The second kappa shape index (κ2) is 8.55. The van der Waals surface area contributed by atoms with Crippen molar-refractivity contribution in [2.75, 3.05) is 26.3 Å². The third-order valence-electron chi connectivity index (χ3n) is 4.06. The average Bonchev–Trinajstić information content (AvgIpc) is 2.71. The van der Waals surface area contributed by atoms with Gasteiger partial charge in [-0.15, -0.1) is 0 Å². The number of carbonyl (C=O) groups excluding carboxylic acids is 1. The van der Waals surface area contributed by atoms with Crippen LogP contribution < -0.4 is 5.43 Å². The Kier molecular flexibility index (Phi) is 6.12. The number of nitrogens with zero attached hydrogens (tertiary/aromatic N) is 2. The molecule has 0 saturated carbocycles. The highest BCUT2D eigenvalue weighted by atomic mass is 32.2. The number of amides is 1. The highest BCUT2D eigenvalue weighted by Crippen LogP contribution is 2.18. The van der Waals surface area contributed by atoms with Crippen molar-refractivity contribution < 1.29 is 26.7 Å². The van der Waals surface area contributed by atoms with Crippen LogP contribution in [-0.2, 0) is 14.8 Å². The van der Waals surface area contributed by atoms with Crippen LogP contribution in [-0.4, -0.2) is 51.1 Å². The number of benzene rings is 2. The predicted molar refractivity (Wildman–Crippen MR) is 97.4 cm³/mol. The van der Waals surface area contributed by atoms with Gasteiger partial charge in [-0.1, -0.05) is 12.1 Å². The number of sulfonamides is 1. The van der Waals surface area contributed by atoms with Crippen LogP contribution in [0.15, 0.2) is 52.5 Å². The summed E-state index contributed by atoms with van der Waals surface area (Å²) < 4.78 is 58.8. The van der Waals surface area contributed by atoms with Crippen LogP contribution in [0.5, 0.6) is 0 Å². The molecule has 3 rings (SSSR count). The standard InChI is InChI=1S/C18H17F2N3O4S/c19-16-5-2-6-17(20)15(16)12-21-22-18(24)13-3-1-4-14(11-13)28(25,26)23-7-9-27-10-8-23/h1-6,11-12H,7-10H2,(H,22,24)/b21-12-. The van der Waals surface area contributed by atoms with Crippen LogP contribution in [0.1, 0.15) is 15.9 Å². The SMILES string of the molecule is O=C(N/N=C\c1c(F)cccc1F)c1cccc(S(=O)(=O)N2CCOCC2)c1. The molecule has 1 saturated heterocycles. The molecule has 0 aromatic heterocycles. The van der Waals surface area contributed by atoms with Crippen molar-refractivity contribution in [2.45, 2.75) is 4.90 Å². The summed E-state index contributed by atoms with van der Waals surface area (Å²) in [6.45, 7) is 1.08. The minimum Gasteiger partial charge on any atom is -0.379 e. The van der Waals surface area contributed by atoms with Gasteiger partial charge >= 0.3 is 0 Å². The fraction of sp³-hybridized carbons (Fsp3) is 0.222. The predicted octanol–water partition coefficient (Wildman–Crippen LogP) is 1.75. The number of carbonyl (C=O) groups is 1. The zero-order valence-electron chi connectivity index (χ0n) is 14.6. The van der Waals surface area contributed by atoms with Gasteiger partial charge < -0.3 is 4.74 Å². The zero-order chi connectivity index (χ0) is 20.1. The number of hydrogen-bond donors (Lipinski definition) is 1. The molecular weight excluding hydrogens is 392 g/mol. The van der Waals surface area contributed by atoms with E-state index in [4.69, 9.17) is 4.74 Å². The van der Waals surface area contributed by atoms with E-state index in [1.54, 1.807) is 0 Å². The summed E-state index contributed by atoms with van der Waals surface area (Å²) in [6, 6.07) is 8.79. The van der Waals surface area contributed by atoms with Gasteiger partial charge in [0, 0.05) is 18.7 Å². The summed E-state index contributed by atoms with van der Waals surface area (Å²) in [7, 11) is -3.76. The Morgan fingerprint density at radius 3 is 2.43 bits per heavy atom. The first-order valence-corrected chi connectivity index (χ1v) is 9.79. The van der Waals surface area contributed by atoms with Gasteiger partial charge in [0.05, 0.1) is 29.9 Å². The Bertz CT molecular complexity index is 985. The van der Waals surface area contributed by atoms with Crippen LogP contribution in [0.4, 0.5) is 8.78 Å². The molecule has 0 bridgehead atoms. The van der Waals surface area contributed by atoms with E-state index >= 15 is 0 Å². The molecule has 0 spiro atoms. The molecule has 1 amide bonds. The molecule has 1 aliphatic heterocycles. The summed E-state index contributed by atoms with van der Waals surface area (Å²) in [4.78, 5) is 12.2. The number of nitrogens with one attached hydrogen (secondary N) is 1. The third-order valence-corrected chi connectivity index (χ3v) is 5.96. The highest BCUT2D eigenvalue weighted by molar-refractivity contribution is 7.89. The zero-order valence-corrected chi connectivity index (χ0v) is 15.5. The second-order valence-electron chi connectivity index (χ2n) is 5.88. The maximum atomic E-state index is 13.5. The van der Waals surface area contributed by atoms with E-state index in [-0.39, 0.29) is 23.5 Å². The van der Waals surface area contributed by atoms with Gasteiger partial charge in [0.1, 0.15) is 11.6 Å². The van der Waals surface area contributed by atoms with Gasteiger partial charge in [0.15, 0.2) is 0 Å². The summed E-state index contributed by atoms with van der Waals surface area (Å²) >= 11 is 0. The Labute approximate surface area is 160 Å². The first-order chi connectivity index (χ1) is 13.4. The maximum absolute atomic E-state index is 13.5. The number of hydrogen-bond acceptors (Lipinski definition) is 5. The molecule has 1 N–H and O–H groups in total. The molecule has 0 radical (unpaired) electrons. The van der Waals surface area contributed by atoms with Gasteiger partial charge in [0.2, 0.25) is 10.0 Å². The minimum atomic E-state index is -3.76. The van der Waals surface area contributed by atoms with Gasteiger partial charge in [-0.3, -0.25) is 4.79 Å². The number of rotatable bonds is 5. The van der Waals surface area contributed by atoms with Crippen LogP contribution in [0.3, 0.4) is 0 Å². The average molecular weight is 409 g/mol. The molecule has 1 heterocycles. The maximum Gasteiger partial charge on any atom is 0.271 e. The Morgan fingerprint density at radius 1 is 1.11 bits per heavy atom. The number of hydrazone groups is 1. The lowest BCUT2D eigenvalue weighted by Crippen LogP contribution is -2.40. The van der Waals surface area contributed by atoms with Gasteiger partial charge in [0.25, 0.3) is 5.91 Å². The molecule has 2 aromatic carbocycles. The van der Waals surface area contributed by atoms with Crippen molar-refractivity contribution in [3.63, 3.8) is 0 Å². The molecular formula is C18H17F2N3O4S. The fourth-order valence-corrected chi connectivity index (χ4v) is 4.04. The van der Waals surface area contributed by atoms with Crippen molar-refractivity contribution in [1.29, 1.82) is 0 Å². The van der Waals surface area contributed by atoms with E-state index in [1.807, 2.05) is 0 Å². The Morgan fingerprint density at radius 2 is 1.75 bits per heavy atom. The smallest absolute Gasteiger partial charge is 0.271 e. The van der Waals surface area contributed by atoms with Crippen molar-refractivity contribution >= 4 is 22.1 Å². The van der Waals surface area contributed by atoms with Crippen LogP contribution in [0.2, 0.25) is 0 Å². The van der Waals surface area contributed by atoms with Crippen molar-refractivity contribution in [1.82, 2.24) is 9.73 Å². The molecule has 7 nitrogen and oxygen atoms in total. The molecule has 0 atom stereocenters. The Hall–Kier alpha value is -2.69. The van der Waals surface area contributed by atoms with E-state index in [2.05, 4.69) is 10.5 Å². The molecule has 0 aliphatic carbocycles. The molecule has 1 aliphatic rings. The first kappa shape index (κ1) is 20.1. The van der Waals surface area contributed by atoms with E-state index in [0.29, 0.717) is 13.2 Å². The first-order valence-electron chi connectivity index (χ1n) is 8.35. The summed E-state index contributed by atoms with van der Waals surface area (Å²) in [5, 5.41) is 3.54. The summed E-state index contributed by atoms with van der Waals surface area (Å²) in [5.41, 5.74) is 1.77. The molecule has 1 fully saturated rings. The van der Waals surface area contributed by atoms with Gasteiger partial charge in [-0.25, -0.2) is 22.6 Å². The fourth-order valence-electron chi connectivity index (χ4n) is 2.59. The van der Waals surface area contributed by atoms with Gasteiger partial charge in [-0.05, 0) is 30.3 Å². The lowest BCUT2D eigenvalue weighted by Gasteiger charge is -2.26. The quantitative estimate of drug-likeness (QED) is 0.602. The molecule has 0 unspecified atom stereocenters. The van der Waals surface area contributed by atoms with Gasteiger partial charge in [-0.2, -0.15) is 9.41 Å². The minimum absolute atomic E-state index is 0.0359. The second-order valence-corrected chi connectivity index (χ2v) is 7.82. The molecule has 148 valence electrons. The Balaban J connectivity index is 1.74. The van der Waals surface area contributed by atoms with E-state index in [9.17, 15) is 22.0 Å². The van der Waals surface area contributed by atoms with E-state index in [1.165, 1.54) is 34.6 Å². The summed E-state index contributed by atoms with van der Waals surface area (Å²) in [5.74, 6) is -2.36. The van der Waals surface area contributed by atoms with Crippen LogP contribution in [0, 0.1) is 11.6 Å². The van der Waals surface area contributed by atoms with E-state index in [0.717, 1.165) is 18.3 Å². The lowest BCUT2D eigenvalue weighted by molar-refractivity contribution is 0.0730. The highest BCUT2D eigenvalue weighted by Gasteiger charge is 2.26. The largest absolute Gasteiger partial charge is 0.379 e. The molecule has 28 heavy (non-hydrogen) atoms. The van der Waals surface area contributed by atoms with Crippen molar-refractivity contribution in [3.8, 4) is 0 Å². The van der Waals surface area contributed by atoms with Crippen molar-refractivity contribution in [2.24, 2.45) is 5.10 Å². The number of ether oxygens (including phenoxy) is 1. The number of halogens is 2. The van der Waals surface area contributed by atoms with Crippen molar-refractivity contribution in [3.05, 3.63) is 65.2 Å². The number of morpholine rings is 1. The normalized spacial score (nSPS) is 15.6. The molecule has 10 heteroatoms. The third kappa shape index (κ3) is 4.41. The van der Waals surface area contributed by atoms with Crippen LogP contribution in [0.25, 0.3) is 0 Å². The lowest BCUT2D eigenvalue weighted by atomic mass is 10.2.